The van der Waals surface area contributed by atoms with Gasteiger partial charge >= 0.3 is 0 Å². The third-order valence-electron chi connectivity index (χ3n) is 3.69. The van der Waals surface area contributed by atoms with Crippen molar-refractivity contribution in [3.05, 3.63) is 60.0 Å². The third kappa shape index (κ3) is 2.03. The molecule has 0 aliphatic heterocycles. The number of nitrogens with zero attached hydrogens (tertiary/aromatic N) is 3. The lowest BCUT2D eigenvalue weighted by Crippen LogP contribution is -1.98. The molecule has 0 bridgehead atoms. The molecule has 1 aromatic carbocycles. The number of aromatic nitrogens is 4. The van der Waals surface area contributed by atoms with Gasteiger partial charge in [0.25, 0.3) is 0 Å². The average molecular weight is 277 g/mol. The van der Waals surface area contributed by atoms with E-state index in [2.05, 4.69) is 44.6 Å². The second kappa shape index (κ2) is 4.63. The van der Waals surface area contributed by atoms with Gasteiger partial charge in [-0.05, 0) is 29.8 Å². The normalized spacial score (nSPS) is 11.3. The SMILES string of the molecule is CNc1cn2nc(Cc3cccc4[nH]ccc34)ccc2n1. The van der Waals surface area contributed by atoms with E-state index in [1.807, 2.05) is 36.1 Å². The van der Waals surface area contributed by atoms with Gasteiger partial charge in [0.2, 0.25) is 0 Å². The highest BCUT2D eigenvalue weighted by atomic mass is 15.3. The molecule has 5 heteroatoms. The van der Waals surface area contributed by atoms with E-state index in [0.29, 0.717) is 0 Å². The Bertz CT molecular complexity index is 919. The summed E-state index contributed by atoms with van der Waals surface area (Å²) < 4.78 is 1.82. The lowest BCUT2D eigenvalue weighted by atomic mass is 10.1. The van der Waals surface area contributed by atoms with Gasteiger partial charge in [-0.25, -0.2) is 9.50 Å². The molecule has 0 unspecified atom stereocenters. The van der Waals surface area contributed by atoms with E-state index >= 15 is 0 Å². The van der Waals surface area contributed by atoms with Crippen LogP contribution in [0, 0.1) is 0 Å². The molecule has 3 aromatic heterocycles. The molecule has 104 valence electrons. The second-order valence-corrected chi connectivity index (χ2v) is 5.04. The van der Waals surface area contributed by atoms with E-state index in [-0.39, 0.29) is 0 Å². The smallest absolute Gasteiger partial charge is 0.156 e. The van der Waals surface area contributed by atoms with Gasteiger partial charge in [-0.1, -0.05) is 12.1 Å². The maximum atomic E-state index is 4.63. The minimum absolute atomic E-state index is 0.804. The summed E-state index contributed by atoms with van der Waals surface area (Å²) in [5.41, 5.74) is 4.31. The number of anilines is 1. The first-order valence-electron chi connectivity index (χ1n) is 6.91. The molecule has 5 nitrogen and oxygen atoms in total. The van der Waals surface area contributed by atoms with E-state index in [9.17, 15) is 0 Å². The Balaban J connectivity index is 1.75. The van der Waals surface area contributed by atoms with Crippen molar-refractivity contribution >= 4 is 22.4 Å². The summed E-state index contributed by atoms with van der Waals surface area (Å²) in [5, 5.41) is 8.92. The summed E-state index contributed by atoms with van der Waals surface area (Å²) >= 11 is 0. The average Bonchev–Trinajstić information content (AvgIpc) is 3.13. The highest BCUT2D eigenvalue weighted by Gasteiger charge is 2.06. The van der Waals surface area contributed by atoms with Crippen molar-refractivity contribution in [2.45, 2.75) is 6.42 Å². The molecule has 0 atom stereocenters. The number of benzene rings is 1. The van der Waals surface area contributed by atoms with Crippen molar-refractivity contribution < 1.29 is 0 Å². The van der Waals surface area contributed by atoms with E-state index < -0.39 is 0 Å². The van der Waals surface area contributed by atoms with Crippen LogP contribution < -0.4 is 5.32 Å². The van der Waals surface area contributed by atoms with Crippen LogP contribution in [0.25, 0.3) is 16.6 Å². The Morgan fingerprint density at radius 1 is 1.19 bits per heavy atom. The van der Waals surface area contributed by atoms with E-state index in [1.54, 1.807) is 0 Å². The van der Waals surface area contributed by atoms with Gasteiger partial charge < -0.3 is 10.3 Å². The maximum absolute atomic E-state index is 4.63. The van der Waals surface area contributed by atoms with E-state index in [4.69, 9.17) is 0 Å². The molecule has 0 radical (unpaired) electrons. The monoisotopic (exact) mass is 277 g/mol. The number of hydrogen-bond acceptors (Lipinski definition) is 3. The lowest BCUT2D eigenvalue weighted by molar-refractivity contribution is 0.875. The highest BCUT2D eigenvalue weighted by molar-refractivity contribution is 5.83. The standard InChI is InChI=1S/C16H15N5/c1-17-15-10-21-16(19-15)6-5-12(20-21)9-11-3-2-4-14-13(11)7-8-18-14/h2-8,10,17-18H,9H2,1H3. The largest absolute Gasteiger partial charge is 0.372 e. The number of fused-ring (bicyclic) bond motifs is 2. The predicted octanol–water partition coefficient (Wildman–Crippen LogP) is 2.84. The van der Waals surface area contributed by atoms with Crippen LogP contribution in [0.4, 0.5) is 5.82 Å². The number of nitrogens with one attached hydrogen (secondary N) is 2. The van der Waals surface area contributed by atoms with Crippen molar-refractivity contribution in [2.75, 3.05) is 12.4 Å². The highest BCUT2D eigenvalue weighted by Crippen LogP contribution is 2.20. The Morgan fingerprint density at radius 2 is 2.14 bits per heavy atom. The van der Waals surface area contributed by atoms with Gasteiger partial charge in [0.05, 0.1) is 11.9 Å². The number of imidazole rings is 1. The molecule has 0 amide bonds. The summed E-state index contributed by atoms with van der Waals surface area (Å²) in [7, 11) is 1.86. The third-order valence-corrected chi connectivity index (χ3v) is 3.69. The zero-order valence-corrected chi connectivity index (χ0v) is 11.7. The second-order valence-electron chi connectivity index (χ2n) is 5.04. The van der Waals surface area contributed by atoms with Crippen LogP contribution >= 0.6 is 0 Å². The molecule has 4 rings (SSSR count). The van der Waals surface area contributed by atoms with Crippen LogP contribution in [0.15, 0.2) is 48.8 Å². The summed E-state index contributed by atoms with van der Waals surface area (Å²) in [6.45, 7) is 0. The van der Waals surface area contributed by atoms with Crippen molar-refractivity contribution in [3.63, 3.8) is 0 Å². The van der Waals surface area contributed by atoms with Crippen LogP contribution in [0.3, 0.4) is 0 Å². The molecule has 0 aliphatic rings. The summed E-state index contributed by atoms with van der Waals surface area (Å²) in [5.74, 6) is 0.826. The van der Waals surface area contributed by atoms with E-state index in [1.165, 1.54) is 10.9 Å². The van der Waals surface area contributed by atoms with Crippen LogP contribution in [-0.4, -0.2) is 26.6 Å². The van der Waals surface area contributed by atoms with Gasteiger partial charge in [-0.3, -0.25) is 0 Å². The molecular weight excluding hydrogens is 262 g/mol. The Morgan fingerprint density at radius 3 is 3.05 bits per heavy atom. The fourth-order valence-electron chi connectivity index (χ4n) is 2.64. The van der Waals surface area contributed by atoms with Crippen LogP contribution in [0.2, 0.25) is 0 Å². The molecule has 3 heterocycles. The lowest BCUT2D eigenvalue weighted by Gasteiger charge is -2.03. The van der Waals surface area contributed by atoms with Gasteiger partial charge in [0.1, 0.15) is 5.82 Å². The van der Waals surface area contributed by atoms with Gasteiger partial charge in [0, 0.05) is 30.6 Å². The molecule has 0 saturated heterocycles. The number of hydrogen-bond donors (Lipinski definition) is 2. The van der Waals surface area contributed by atoms with Crippen LogP contribution in [0.5, 0.6) is 0 Å². The van der Waals surface area contributed by atoms with Gasteiger partial charge in [-0.15, -0.1) is 0 Å². The zero-order chi connectivity index (χ0) is 14.2. The van der Waals surface area contributed by atoms with Crippen molar-refractivity contribution in [1.29, 1.82) is 0 Å². The molecular formula is C16H15N5. The maximum Gasteiger partial charge on any atom is 0.156 e. The zero-order valence-electron chi connectivity index (χ0n) is 11.7. The quantitative estimate of drug-likeness (QED) is 0.605. The first-order chi connectivity index (χ1) is 10.3. The van der Waals surface area contributed by atoms with E-state index in [0.717, 1.165) is 29.1 Å². The van der Waals surface area contributed by atoms with Crippen molar-refractivity contribution in [2.24, 2.45) is 0 Å². The van der Waals surface area contributed by atoms with Gasteiger partial charge in [0.15, 0.2) is 5.65 Å². The summed E-state index contributed by atoms with van der Waals surface area (Å²) in [6, 6.07) is 12.5. The first-order valence-corrected chi connectivity index (χ1v) is 6.91. The Hall–Kier alpha value is -2.82. The molecule has 4 aromatic rings. The molecule has 0 aliphatic carbocycles. The number of H-pyrrole nitrogens is 1. The van der Waals surface area contributed by atoms with Crippen molar-refractivity contribution in [3.8, 4) is 0 Å². The number of rotatable bonds is 3. The van der Waals surface area contributed by atoms with Crippen LogP contribution in [-0.2, 0) is 6.42 Å². The molecule has 0 fully saturated rings. The number of aromatic amines is 1. The predicted molar refractivity (Wildman–Crippen MR) is 83.6 cm³/mol. The minimum Gasteiger partial charge on any atom is -0.372 e. The summed E-state index contributed by atoms with van der Waals surface area (Å²) in [4.78, 5) is 7.65. The Kier molecular flexibility index (Phi) is 2.64. The first kappa shape index (κ1) is 12.0. The van der Waals surface area contributed by atoms with Crippen LogP contribution in [0.1, 0.15) is 11.3 Å². The minimum atomic E-state index is 0.804. The molecule has 0 saturated carbocycles. The van der Waals surface area contributed by atoms with Crippen molar-refractivity contribution in [1.82, 2.24) is 19.6 Å². The molecule has 21 heavy (non-hydrogen) atoms. The molecule has 2 N–H and O–H groups in total. The topological polar surface area (TPSA) is 58.0 Å². The summed E-state index contributed by atoms with van der Waals surface area (Å²) in [6.07, 6.45) is 4.67. The molecule has 0 spiro atoms. The Labute approximate surface area is 121 Å². The van der Waals surface area contributed by atoms with Gasteiger partial charge in [-0.2, -0.15) is 5.10 Å². The fourth-order valence-corrected chi connectivity index (χ4v) is 2.64. The fraction of sp³-hybridized carbons (Fsp3) is 0.125.